The van der Waals surface area contributed by atoms with E-state index in [0.717, 1.165) is 5.69 Å². The fourth-order valence-corrected chi connectivity index (χ4v) is 2.37. The van der Waals surface area contributed by atoms with Crippen LogP contribution in [0.4, 0.5) is 0 Å². The minimum absolute atomic E-state index is 0.00385. The highest BCUT2D eigenvalue weighted by molar-refractivity contribution is 7.99. The molecule has 0 aliphatic rings. The van der Waals surface area contributed by atoms with Crippen molar-refractivity contribution < 1.29 is 14.4 Å². The SMILES string of the molecule is Cc1noc(CCn2c(C)cnc2SCC(=O)O)n1. The van der Waals surface area contributed by atoms with Gasteiger partial charge in [0.05, 0.1) is 5.75 Å². The first kappa shape index (κ1) is 13.6. The van der Waals surface area contributed by atoms with Crippen molar-refractivity contribution in [3.8, 4) is 0 Å². The van der Waals surface area contributed by atoms with Gasteiger partial charge in [-0.25, -0.2) is 4.98 Å². The van der Waals surface area contributed by atoms with Gasteiger partial charge in [-0.3, -0.25) is 4.79 Å². The van der Waals surface area contributed by atoms with E-state index in [-0.39, 0.29) is 5.75 Å². The van der Waals surface area contributed by atoms with Crippen LogP contribution in [0.25, 0.3) is 0 Å². The molecular weight excluding hydrogens is 268 g/mol. The molecule has 0 bridgehead atoms. The second-order valence-electron chi connectivity index (χ2n) is 4.00. The zero-order valence-electron chi connectivity index (χ0n) is 10.7. The largest absolute Gasteiger partial charge is 0.481 e. The Kier molecular flexibility index (Phi) is 4.20. The molecule has 0 unspecified atom stereocenters. The van der Waals surface area contributed by atoms with Crippen molar-refractivity contribution >= 4 is 17.7 Å². The van der Waals surface area contributed by atoms with Gasteiger partial charge < -0.3 is 14.2 Å². The highest BCUT2D eigenvalue weighted by atomic mass is 32.2. The van der Waals surface area contributed by atoms with Gasteiger partial charge in [0.1, 0.15) is 0 Å². The molecule has 2 rings (SSSR count). The van der Waals surface area contributed by atoms with E-state index in [2.05, 4.69) is 15.1 Å². The predicted molar refractivity (Wildman–Crippen MR) is 68.1 cm³/mol. The Labute approximate surface area is 114 Å². The van der Waals surface area contributed by atoms with E-state index in [9.17, 15) is 4.79 Å². The summed E-state index contributed by atoms with van der Waals surface area (Å²) in [6.07, 6.45) is 2.32. The van der Waals surface area contributed by atoms with E-state index >= 15 is 0 Å². The minimum atomic E-state index is -0.857. The van der Waals surface area contributed by atoms with Gasteiger partial charge in [-0.2, -0.15) is 4.98 Å². The third-order valence-corrected chi connectivity index (χ3v) is 3.44. The van der Waals surface area contributed by atoms with Crippen LogP contribution in [0.1, 0.15) is 17.4 Å². The number of thioether (sulfide) groups is 1. The lowest BCUT2D eigenvalue weighted by molar-refractivity contribution is -0.133. The summed E-state index contributed by atoms with van der Waals surface area (Å²) in [4.78, 5) is 18.9. The molecule has 0 aromatic carbocycles. The van der Waals surface area contributed by atoms with Gasteiger partial charge in [-0.1, -0.05) is 16.9 Å². The lowest BCUT2D eigenvalue weighted by Gasteiger charge is -2.07. The van der Waals surface area contributed by atoms with E-state index in [1.165, 1.54) is 11.8 Å². The first-order valence-corrected chi connectivity index (χ1v) is 6.70. The molecule has 2 heterocycles. The number of carboxylic acid groups (broad SMARTS) is 1. The summed E-state index contributed by atoms with van der Waals surface area (Å²) >= 11 is 1.20. The summed E-state index contributed by atoms with van der Waals surface area (Å²) in [5.41, 5.74) is 0.976. The molecule has 19 heavy (non-hydrogen) atoms. The van der Waals surface area contributed by atoms with Crippen LogP contribution in [0, 0.1) is 13.8 Å². The van der Waals surface area contributed by atoms with Crippen LogP contribution < -0.4 is 0 Å². The Hall–Kier alpha value is -1.83. The van der Waals surface area contributed by atoms with Crippen molar-refractivity contribution in [2.45, 2.75) is 32.0 Å². The molecule has 2 aromatic rings. The Morgan fingerprint density at radius 1 is 1.53 bits per heavy atom. The molecule has 0 aliphatic carbocycles. The third-order valence-electron chi connectivity index (χ3n) is 2.46. The normalized spacial score (nSPS) is 10.8. The summed E-state index contributed by atoms with van der Waals surface area (Å²) < 4.78 is 7.00. The number of carboxylic acids is 1. The number of aromatic nitrogens is 4. The van der Waals surface area contributed by atoms with Crippen LogP contribution >= 0.6 is 11.8 Å². The fraction of sp³-hybridized carbons (Fsp3) is 0.455. The van der Waals surface area contributed by atoms with Crippen LogP contribution in [-0.2, 0) is 17.8 Å². The average molecular weight is 282 g/mol. The van der Waals surface area contributed by atoms with Gasteiger partial charge in [-0.05, 0) is 13.8 Å². The monoisotopic (exact) mass is 282 g/mol. The molecule has 0 atom stereocenters. The van der Waals surface area contributed by atoms with Crippen LogP contribution in [0.5, 0.6) is 0 Å². The first-order chi connectivity index (χ1) is 9.06. The van der Waals surface area contributed by atoms with Gasteiger partial charge in [0, 0.05) is 24.9 Å². The molecule has 0 fully saturated rings. The van der Waals surface area contributed by atoms with Crippen molar-refractivity contribution in [2.75, 3.05) is 5.75 Å². The van der Waals surface area contributed by atoms with Gasteiger partial charge in [0.2, 0.25) is 5.89 Å². The number of aryl methyl sites for hydroxylation is 3. The second-order valence-corrected chi connectivity index (χ2v) is 4.94. The number of hydrogen-bond donors (Lipinski definition) is 1. The number of carbonyl (C=O) groups is 1. The molecular formula is C11H14N4O3S. The molecule has 0 saturated heterocycles. The molecule has 7 nitrogen and oxygen atoms in total. The number of rotatable bonds is 6. The van der Waals surface area contributed by atoms with E-state index in [4.69, 9.17) is 9.63 Å². The molecule has 0 amide bonds. The predicted octanol–water partition coefficient (Wildman–Crippen LogP) is 1.30. The molecule has 2 aromatic heterocycles. The smallest absolute Gasteiger partial charge is 0.313 e. The quantitative estimate of drug-likeness (QED) is 0.798. The summed E-state index contributed by atoms with van der Waals surface area (Å²) in [6.45, 7) is 4.33. The summed E-state index contributed by atoms with van der Waals surface area (Å²) in [5, 5.41) is 13.1. The first-order valence-electron chi connectivity index (χ1n) is 5.72. The average Bonchev–Trinajstić information content (AvgIpc) is 2.91. The van der Waals surface area contributed by atoms with Crippen LogP contribution in [0.2, 0.25) is 0 Å². The Morgan fingerprint density at radius 3 is 2.95 bits per heavy atom. The number of nitrogens with zero attached hydrogens (tertiary/aromatic N) is 4. The standard InChI is InChI=1S/C11H14N4O3S/c1-7-5-12-11(19-6-10(16)17)15(7)4-3-9-13-8(2)14-18-9/h5H,3-4,6H2,1-2H3,(H,16,17). The van der Waals surface area contributed by atoms with E-state index in [1.54, 1.807) is 13.1 Å². The Bertz CT molecular complexity index is 578. The number of hydrogen-bond acceptors (Lipinski definition) is 6. The summed E-state index contributed by atoms with van der Waals surface area (Å²) in [6, 6.07) is 0. The van der Waals surface area contributed by atoms with Gasteiger partial charge in [-0.15, -0.1) is 0 Å². The molecule has 1 N–H and O–H groups in total. The zero-order chi connectivity index (χ0) is 13.8. The lowest BCUT2D eigenvalue weighted by Crippen LogP contribution is -2.07. The fourth-order valence-electron chi connectivity index (χ4n) is 1.60. The van der Waals surface area contributed by atoms with Crippen molar-refractivity contribution in [2.24, 2.45) is 0 Å². The van der Waals surface area contributed by atoms with Crippen molar-refractivity contribution in [1.82, 2.24) is 19.7 Å². The van der Waals surface area contributed by atoms with Crippen LogP contribution in [-0.4, -0.2) is 36.5 Å². The van der Waals surface area contributed by atoms with Crippen molar-refractivity contribution in [3.63, 3.8) is 0 Å². The summed E-state index contributed by atoms with van der Waals surface area (Å²) in [7, 11) is 0. The Balaban J connectivity index is 2.02. The van der Waals surface area contributed by atoms with Gasteiger partial charge in [0.25, 0.3) is 0 Å². The van der Waals surface area contributed by atoms with Crippen molar-refractivity contribution in [1.29, 1.82) is 0 Å². The van der Waals surface area contributed by atoms with E-state index in [0.29, 0.717) is 29.8 Å². The lowest BCUT2D eigenvalue weighted by atomic mass is 10.4. The number of aliphatic carboxylic acids is 1. The maximum atomic E-state index is 10.6. The Morgan fingerprint density at radius 2 is 2.32 bits per heavy atom. The molecule has 8 heteroatoms. The molecule has 0 aliphatic heterocycles. The maximum absolute atomic E-state index is 10.6. The third kappa shape index (κ3) is 3.57. The highest BCUT2D eigenvalue weighted by Gasteiger charge is 2.11. The van der Waals surface area contributed by atoms with Crippen LogP contribution in [0.15, 0.2) is 15.9 Å². The van der Waals surface area contributed by atoms with Crippen molar-refractivity contribution in [3.05, 3.63) is 23.6 Å². The molecule has 0 spiro atoms. The molecule has 0 radical (unpaired) electrons. The van der Waals surface area contributed by atoms with Gasteiger partial charge in [0.15, 0.2) is 11.0 Å². The van der Waals surface area contributed by atoms with Gasteiger partial charge >= 0.3 is 5.97 Å². The minimum Gasteiger partial charge on any atom is -0.481 e. The second kappa shape index (κ2) is 5.87. The zero-order valence-corrected chi connectivity index (χ0v) is 11.5. The molecule has 0 saturated carbocycles. The van der Waals surface area contributed by atoms with E-state index < -0.39 is 5.97 Å². The number of imidazole rings is 1. The summed E-state index contributed by atoms with van der Waals surface area (Å²) in [5.74, 6) is 0.318. The maximum Gasteiger partial charge on any atom is 0.313 e. The topological polar surface area (TPSA) is 94.0 Å². The highest BCUT2D eigenvalue weighted by Crippen LogP contribution is 2.18. The van der Waals surface area contributed by atoms with E-state index in [1.807, 2.05) is 11.5 Å². The van der Waals surface area contributed by atoms with Crippen LogP contribution in [0.3, 0.4) is 0 Å². The molecule has 102 valence electrons.